The highest BCUT2D eigenvalue weighted by molar-refractivity contribution is 6.04. The van der Waals surface area contributed by atoms with E-state index < -0.39 is 17.5 Å². The highest BCUT2D eigenvalue weighted by Gasteiger charge is 2.18. The number of nitrogens with zero attached hydrogens (tertiary/aromatic N) is 3. The van der Waals surface area contributed by atoms with Gasteiger partial charge in [0, 0.05) is 5.69 Å². The van der Waals surface area contributed by atoms with Gasteiger partial charge in [0.25, 0.3) is 5.91 Å². The van der Waals surface area contributed by atoms with Gasteiger partial charge >= 0.3 is 6.01 Å². The van der Waals surface area contributed by atoms with E-state index in [4.69, 9.17) is 4.74 Å². The van der Waals surface area contributed by atoms with Crippen LogP contribution in [0.15, 0.2) is 97.1 Å². The molecule has 0 spiro atoms. The van der Waals surface area contributed by atoms with Crippen molar-refractivity contribution in [2.75, 3.05) is 5.32 Å². The molecule has 1 N–H and O–H groups in total. The quantitative estimate of drug-likeness (QED) is 0.290. The molecule has 0 atom stereocenters. The van der Waals surface area contributed by atoms with E-state index in [1.165, 1.54) is 41.1 Å². The number of amides is 1. The van der Waals surface area contributed by atoms with Crippen molar-refractivity contribution >= 4 is 11.6 Å². The molecule has 0 aliphatic rings. The molecule has 1 amide bonds. The summed E-state index contributed by atoms with van der Waals surface area (Å²) >= 11 is 0. The van der Waals surface area contributed by atoms with Crippen LogP contribution in [0.3, 0.4) is 0 Å². The summed E-state index contributed by atoms with van der Waals surface area (Å²) in [7, 11) is 0. The molecule has 0 fully saturated rings. The summed E-state index contributed by atoms with van der Waals surface area (Å²) in [5.74, 6) is -1.86. The normalized spacial score (nSPS) is 10.8. The lowest BCUT2D eigenvalue weighted by Crippen LogP contribution is -2.13. The minimum atomic E-state index is -0.623. The number of ether oxygens (including phenoxy) is 1. The zero-order chi connectivity index (χ0) is 25.8. The molecule has 6 nitrogen and oxygen atoms in total. The van der Waals surface area contributed by atoms with E-state index in [0.29, 0.717) is 16.9 Å². The lowest BCUT2D eigenvalue weighted by Gasteiger charge is -2.09. The Bertz CT molecular complexity index is 1550. The summed E-state index contributed by atoms with van der Waals surface area (Å²) in [6.07, 6.45) is 0. The molecule has 9 heteroatoms. The average Bonchev–Trinajstić information content (AvgIpc) is 3.33. The van der Waals surface area contributed by atoms with Crippen LogP contribution in [0.25, 0.3) is 17.1 Å². The van der Waals surface area contributed by atoms with Crippen molar-refractivity contribution in [3.63, 3.8) is 0 Å². The van der Waals surface area contributed by atoms with E-state index in [0.717, 1.165) is 0 Å². The fourth-order valence-electron chi connectivity index (χ4n) is 3.61. The Hall–Kier alpha value is -4.92. The third-order valence-corrected chi connectivity index (χ3v) is 5.47. The van der Waals surface area contributed by atoms with E-state index in [9.17, 15) is 18.0 Å². The van der Waals surface area contributed by atoms with Crippen molar-refractivity contribution < 1.29 is 22.7 Å². The topological polar surface area (TPSA) is 69.0 Å². The maximum absolute atomic E-state index is 14.6. The van der Waals surface area contributed by atoms with Gasteiger partial charge in [-0.05, 0) is 66.2 Å². The number of carbonyl (C=O) groups is 1. The molecule has 0 bridgehead atoms. The third kappa shape index (κ3) is 5.35. The number of aromatic nitrogens is 3. The zero-order valence-corrected chi connectivity index (χ0v) is 19.2. The van der Waals surface area contributed by atoms with Crippen molar-refractivity contribution in [1.82, 2.24) is 14.8 Å². The van der Waals surface area contributed by atoms with Crippen molar-refractivity contribution in [2.45, 2.75) is 6.61 Å². The Morgan fingerprint density at radius 2 is 1.49 bits per heavy atom. The van der Waals surface area contributed by atoms with Crippen LogP contribution >= 0.6 is 0 Å². The predicted octanol–water partition coefficient (Wildman–Crippen LogP) is 6.18. The lowest BCUT2D eigenvalue weighted by molar-refractivity contribution is 0.102. The summed E-state index contributed by atoms with van der Waals surface area (Å²) in [6, 6.07) is 24.1. The van der Waals surface area contributed by atoms with Crippen LogP contribution in [0.2, 0.25) is 0 Å². The standard InChI is InChI=1S/C28H19F3N4O2/c29-19-11-9-18(10-12-19)17-37-28-33-26(22-5-1-3-7-24(22)30)35(34-28)21-15-13-20(14-16-21)32-27(36)23-6-2-4-8-25(23)31/h1-16H,17H2,(H,32,36). The molecule has 184 valence electrons. The second-order valence-electron chi connectivity index (χ2n) is 8.01. The molecule has 5 rings (SSSR count). The van der Waals surface area contributed by atoms with E-state index >= 15 is 0 Å². The third-order valence-electron chi connectivity index (χ3n) is 5.47. The Kier molecular flexibility index (Phi) is 6.67. The molecule has 37 heavy (non-hydrogen) atoms. The average molecular weight is 500 g/mol. The molecule has 0 aliphatic carbocycles. The van der Waals surface area contributed by atoms with Crippen LogP contribution in [-0.2, 0) is 6.61 Å². The van der Waals surface area contributed by atoms with E-state index in [-0.39, 0.29) is 35.4 Å². The van der Waals surface area contributed by atoms with Crippen LogP contribution in [-0.4, -0.2) is 20.7 Å². The fourth-order valence-corrected chi connectivity index (χ4v) is 3.61. The number of nitrogens with one attached hydrogen (secondary N) is 1. The number of carbonyl (C=O) groups excluding carboxylic acids is 1. The second-order valence-corrected chi connectivity index (χ2v) is 8.01. The lowest BCUT2D eigenvalue weighted by atomic mass is 10.2. The molecule has 1 aromatic heterocycles. The first-order chi connectivity index (χ1) is 18.0. The van der Waals surface area contributed by atoms with E-state index in [1.54, 1.807) is 60.7 Å². The SMILES string of the molecule is O=C(Nc1ccc(-n2nc(OCc3ccc(F)cc3)nc2-c2ccccc2F)cc1)c1ccccc1F. The van der Waals surface area contributed by atoms with Crippen molar-refractivity contribution in [2.24, 2.45) is 0 Å². The summed E-state index contributed by atoms with van der Waals surface area (Å²) in [6.45, 7) is 0.0853. The van der Waals surface area contributed by atoms with Gasteiger partial charge in [0.1, 0.15) is 24.1 Å². The maximum atomic E-state index is 14.6. The molecule has 0 unspecified atom stereocenters. The monoisotopic (exact) mass is 500 g/mol. The Balaban J connectivity index is 1.42. The first-order valence-electron chi connectivity index (χ1n) is 11.2. The number of hydrogen-bond donors (Lipinski definition) is 1. The highest BCUT2D eigenvalue weighted by atomic mass is 19.1. The minimum Gasteiger partial charge on any atom is -0.457 e. The predicted molar refractivity (Wildman–Crippen MR) is 132 cm³/mol. The number of rotatable bonds is 7. The maximum Gasteiger partial charge on any atom is 0.336 e. The first kappa shape index (κ1) is 23.8. The number of hydrogen-bond acceptors (Lipinski definition) is 4. The van der Waals surface area contributed by atoms with Crippen LogP contribution in [0, 0.1) is 17.5 Å². The molecule has 0 aliphatic heterocycles. The fraction of sp³-hybridized carbons (Fsp3) is 0.0357. The molecular weight excluding hydrogens is 481 g/mol. The molecule has 4 aromatic carbocycles. The zero-order valence-electron chi connectivity index (χ0n) is 19.2. The summed E-state index contributed by atoms with van der Waals surface area (Å²) in [5, 5.41) is 7.03. The molecule has 0 saturated heterocycles. The van der Waals surface area contributed by atoms with Gasteiger partial charge in [-0.15, -0.1) is 5.10 Å². The van der Waals surface area contributed by atoms with Gasteiger partial charge in [0.15, 0.2) is 5.82 Å². The Morgan fingerprint density at radius 3 is 2.19 bits per heavy atom. The van der Waals surface area contributed by atoms with Crippen LogP contribution < -0.4 is 10.1 Å². The van der Waals surface area contributed by atoms with Gasteiger partial charge in [-0.2, -0.15) is 4.98 Å². The number of anilines is 1. The van der Waals surface area contributed by atoms with Gasteiger partial charge in [0.05, 0.1) is 16.8 Å². The Morgan fingerprint density at radius 1 is 0.811 bits per heavy atom. The second kappa shape index (κ2) is 10.4. The van der Waals surface area contributed by atoms with Gasteiger partial charge < -0.3 is 10.1 Å². The smallest absolute Gasteiger partial charge is 0.336 e. The van der Waals surface area contributed by atoms with Gasteiger partial charge in [-0.1, -0.05) is 36.4 Å². The van der Waals surface area contributed by atoms with Crippen LogP contribution in [0.4, 0.5) is 18.9 Å². The molecule has 1 heterocycles. The van der Waals surface area contributed by atoms with Gasteiger partial charge in [-0.25, -0.2) is 17.9 Å². The van der Waals surface area contributed by atoms with Gasteiger partial charge in [-0.3, -0.25) is 4.79 Å². The summed E-state index contributed by atoms with van der Waals surface area (Å²) in [5.41, 5.74) is 1.79. The summed E-state index contributed by atoms with van der Waals surface area (Å²) < 4.78 is 48.8. The van der Waals surface area contributed by atoms with Crippen molar-refractivity contribution in [3.8, 4) is 23.1 Å². The Labute approximate surface area is 210 Å². The summed E-state index contributed by atoms with van der Waals surface area (Å²) in [4.78, 5) is 16.8. The van der Waals surface area contributed by atoms with E-state index in [2.05, 4.69) is 15.4 Å². The van der Waals surface area contributed by atoms with Gasteiger partial charge in [0.2, 0.25) is 0 Å². The molecule has 0 radical (unpaired) electrons. The van der Waals surface area contributed by atoms with Crippen molar-refractivity contribution in [1.29, 1.82) is 0 Å². The highest BCUT2D eigenvalue weighted by Crippen LogP contribution is 2.27. The minimum absolute atomic E-state index is 0.000454. The molecule has 0 saturated carbocycles. The number of halogens is 3. The van der Waals surface area contributed by atoms with Crippen LogP contribution in [0.5, 0.6) is 6.01 Å². The van der Waals surface area contributed by atoms with Crippen LogP contribution in [0.1, 0.15) is 15.9 Å². The first-order valence-corrected chi connectivity index (χ1v) is 11.2. The molecular formula is C28H19F3N4O2. The largest absolute Gasteiger partial charge is 0.457 e. The van der Waals surface area contributed by atoms with Crippen molar-refractivity contribution in [3.05, 3.63) is 126 Å². The van der Waals surface area contributed by atoms with E-state index in [1.807, 2.05) is 0 Å². The number of benzene rings is 4. The molecule has 5 aromatic rings.